The third-order valence-electron chi connectivity index (χ3n) is 3.97. The first-order chi connectivity index (χ1) is 9.64. The van der Waals surface area contributed by atoms with Crippen LogP contribution in [0.5, 0.6) is 0 Å². The molecule has 0 spiro atoms. The molecule has 1 saturated carbocycles. The van der Waals surface area contributed by atoms with Crippen LogP contribution in [0.3, 0.4) is 0 Å². The van der Waals surface area contributed by atoms with Gasteiger partial charge >= 0.3 is 0 Å². The number of imidazole rings is 1. The molecule has 1 fully saturated rings. The van der Waals surface area contributed by atoms with Crippen molar-refractivity contribution in [1.82, 2.24) is 14.4 Å². The molecule has 1 aliphatic rings. The second-order valence-electron chi connectivity index (χ2n) is 5.65. The Bertz CT molecular complexity index is 792. The van der Waals surface area contributed by atoms with Crippen molar-refractivity contribution in [1.29, 1.82) is 0 Å². The first-order valence-corrected chi connectivity index (χ1v) is 6.85. The van der Waals surface area contributed by atoms with Crippen molar-refractivity contribution >= 4 is 30.5 Å². The van der Waals surface area contributed by atoms with Crippen molar-refractivity contribution < 1.29 is 0 Å². The van der Waals surface area contributed by atoms with Crippen LogP contribution in [0, 0.1) is 6.92 Å². The van der Waals surface area contributed by atoms with Gasteiger partial charge in [0, 0.05) is 24.2 Å². The van der Waals surface area contributed by atoms with Crippen LogP contribution in [-0.4, -0.2) is 14.4 Å². The molecule has 116 valence electrons. The Labute approximate surface area is 141 Å². The summed E-state index contributed by atoms with van der Waals surface area (Å²) < 4.78 is 2.05. The van der Waals surface area contributed by atoms with E-state index in [1.807, 2.05) is 35.9 Å². The van der Waals surface area contributed by atoms with Crippen LogP contribution < -0.4 is 5.73 Å². The summed E-state index contributed by atoms with van der Waals surface area (Å²) in [5.41, 5.74) is 11.2. The molecule has 0 atom stereocenters. The fourth-order valence-corrected chi connectivity index (χ4v) is 2.54. The van der Waals surface area contributed by atoms with Gasteiger partial charge in [-0.15, -0.1) is 24.8 Å². The summed E-state index contributed by atoms with van der Waals surface area (Å²) >= 11 is 0. The zero-order valence-electron chi connectivity index (χ0n) is 12.2. The van der Waals surface area contributed by atoms with Gasteiger partial charge in [0.1, 0.15) is 5.65 Å². The van der Waals surface area contributed by atoms with E-state index in [1.54, 1.807) is 0 Å². The lowest BCUT2D eigenvalue weighted by Gasteiger charge is -2.09. The fourth-order valence-electron chi connectivity index (χ4n) is 2.54. The maximum atomic E-state index is 6.16. The van der Waals surface area contributed by atoms with Crippen LogP contribution in [0.25, 0.3) is 16.8 Å². The Morgan fingerprint density at radius 1 is 1.05 bits per heavy atom. The van der Waals surface area contributed by atoms with Crippen molar-refractivity contribution in [3.05, 3.63) is 54.2 Å². The molecule has 0 bridgehead atoms. The number of rotatable bonds is 2. The maximum absolute atomic E-state index is 6.16. The van der Waals surface area contributed by atoms with E-state index in [0.717, 1.165) is 41.0 Å². The van der Waals surface area contributed by atoms with Gasteiger partial charge < -0.3 is 10.1 Å². The van der Waals surface area contributed by atoms with E-state index in [9.17, 15) is 0 Å². The van der Waals surface area contributed by atoms with Crippen LogP contribution >= 0.6 is 24.8 Å². The number of hydrogen-bond donors (Lipinski definition) is 1. The summed E-state index contributed by atoms with van der Waals surface area (Å²) in [6.45, 7) is 2.00. The van der Waals surface area contributed by atoms with E-state index in [4.69, 9.17) is 5.73 Å². The van der Waals surface area contributed by atoms with Crippen molar-refractivity contribution in [3.63, 3.8) is 0 Å². The minimum absolute atomic E-state index is 0. The molecule has 1 aliphatic carbocycles. The lowest BCUT2D eigenvalue weighted by Crippen LogP contribution is -2.19. The molecule has 3 aromatic rings. The number of aromatic nitrogens is 3. The lowest BCUT2D eigenvalue weighted by atomic mass is 10.1. The molecule has 0 unspecified atom stereocenters. The van der Waals surface area contributed by atoms with E-state index in [1.165, 1.54) is 0 Å². The Kier molecular flexibility index (Phi) is 4.47. The molecule has 0 radical (unpaired) electrons. The summed E-state index contributed by atoms with van der Waals surface area (Å²) in [4.78, 5) is 8.96. The van der Waals surface area contributed by atoms with E-state index in [-0.39, 0.29) is 30.4 Å². The summed E-state index contributed by atoms with van der Waals surface area (Å²) in [6.07, 6.45) is 8.10. The SMILES string of the molecule is Cc1cn2cc(-c3ccc(C4(N)CC4)nc3)ccc2n1.Cl.Cl. The van der Waals surface area contributed by atoms with Gasteiger partial charge in [-0.1, -0.05) is 6.07 Å². The number of aryl methyl sites for hydroxylation is 1. The third-order valence-corrected chi connectivity index (χ3v) is 3.97. The number of fused-ring (bicyclic) bond motifs is 1. The first-order valence-electron chi connectivity index (χ1n) is 6.85. The van der Waals surface area contributed by atoms with Gasteiger partial charge in [0.15, 0.2) is 0 Å². The van der Waals surface area contributed by atoms with E-state index in [0.29, 0.717) is 0 Å². The van der Waals surface area contributed by atoms with Crippen molar-refractivity contribution in [2.45, 2.75) is 25.3 Å². The third kappa shape index (κ3) is 2.82. The second kappa shape index (κ2) is 5.88. The minimum Gasteiger partial charge on any atom is -0.320 e. The lowest BCUT2D eigenvalue weighted by molar-refractivity contribution is 0.708. The number of halogens is 2. The molecule has 0 amide bonds. The molecule has 4 nitrogen and oxygen atoms in total. The van der Waals surface area contributed by atoms with Gasteiger partial charge in [-0.2, -0.15) is 0 Å². The van der Waals surface area contributed by atoms with E-state index in [2.05, 4.69) is 28.3 Å². The maximum Gasteiger partial charge on any atom is 0.136 e. The molecule has 0 aromatic carbocycles. The second-order valence-corrected chi connectivity index (χ2v) is 5.65. The Balaban J connectivity index is 0.000000882. The molecule has 4 rings (SSSR count). The van der Waals surface area contributed by atoms with Gasteiger partial charge in [-0.3, -0.25) is 4.98 Å². The largest absolute Gasteiger partial charge is 0.320 e. The molecule has 0 aliphatic heterocycles. The highest BCUT2D eigenvalue weighted by Gasteiger charge is 2.41. The van der Waals surface area contributed by atoms with Gasteiger partial charge in [0.25, 0.3) is 0 Å². The monoisotopic (exact) mass is 336 g/mol. The highest BCUT2D eigenvalue weighted by atomic mass is 35.5. The van der Waals surface area contributed by atoms with Crippen LogP contribution in [0.15, 0.2) is 42.9 Å². The molecule has 2 N–H and O–H groups in total. The quantitative estimate of drug-likeness (QED) is 0.779. The topological polar surface area (TPSA) is 56.2 Å². The highest BCUT2D eigenvalue weighted by Crippen LogP contribution is 2.41. The molecular formula is C16H18Cl2N4. The number of nitrogens with two attached hydrogens (primary N) is 1. The summed E-state index contributed by atoms with van der Waals surface area (Å²) in [5.74, 6) is 0. The Hall–Kier alpha value is -1.62. The van der Waals surface area contributed by atoms with Gasteiger partial charge in [0.05, 0.1) is 16.9 Å². The van der Waals surface area contributed by atoms with Crippen LogP contribution in [0.4, 0.5) is 0 Å². The smallest absolute Gasteiger partial charge is 0.136 e. The summed E-state index contributed by atoms with van der Waals surface area (Å²) in [5, 5.41) is 0. The normalized spacial score (nSPS) is 15.0. The number of hydrogen-bond acceptors (Lipinski definition) is 3. The predicted octanol–water partition coefficient (Wildman–Crippen LogP) is 3.50. The van der Waals surface area contributed by atoms with Crippen LogP contribution in [0.2, 0.25) is 0 Å². The van der Waals surface area contributed by atoms with E-state index >= 15 is 0 Å². The zero-order valence-corrected chi connectivity index (χ0v) is 13.8. The fraction of sp³-hybridized carbons (Fsp3) is 0.250. The molecule has 0 saturated heterocycles. The summed E-state index contributed by atoms with van der Waals surface area (Å²) in [6, 6.07) is 8.25. The van der Waals surface area contributed by atoms with Gasteiger partial charge in [0.2, 0.25) is 0 Å². The van der Waals surface area contributed by atoms with Crippen molar-refractivity contribution in [2.75, 3.05) is 0 Å². The zero-order chi connectivity index (χ0) is 13.7. The van der Waals surface area contributed by atoms with Gasteiger partial charge in [-0.05, 0) is 43.5 Å². The average Bonchev–Trinajstić information content (AvgIpc) is 3.09. The van der Waals surface area contributed by atoms with Crippen molar-refractivity contribution in [3.8, 4) is 11.1 Å². The molecule has 3 aromatic heterocycles. The Morgan fingerprint density at radius 2 is 1.77 bits per heavy atom. The van der Waals surface area contributed by atoms with Crippen molar-refractivity contribution in [2.24, 2.45) is 5.73 Å². The average molecular weight is 337 g/mol. The van der Waals surface area contributed by atoms with E-state index < -0.39 is 0 Å². The molecule has 22 heavy (non-hydrogen) atoms. The number of nitrogens with zero attached hydrogens (tertiary/aromatic N) is 3. The first kappa shape index (κ1) is 16.7. The molecular weight excluding hydrogens is 319 g/mol. The Morgan fingerprint density at radius 3 is 2.41 bits per heavy atom. The molecule has 6 heteroatoms. The molecule has 3 heterocycles. The predicted molar refractivity (Wildman–Crippen MR) is 92.8 cm³/mol. The number of pyridine rings is 2. The summed E-state index contributed by atoms with van der Waals surface area (Å²) in [7, 11) is 0. The minimum atomic E-state index is -0.163. The van der Waals surface area contributed by atoms with Gasteiger partial charge in [-0.25, -0.2) is 4.98 Å². The van der Waals surface area contributed by atoms with Crippen LogP contribution in [-0.2, 0) is 5.54 Å². The van der Waals surface area contributed by atoms with Crippen LogP contribution in [0.1, 0.15) is 24.2 Å². The highest BCUT2D eigenvalue weighted by molar-refractivity contribution is 5.85. The standard InChI is InChI=1S/C16H16N4.2ClH/c1-11-9-20-10-13(3-5-15(20)19-11)12-2-4-14(18-8-12)16(17)6-7-16;;/h2-5,8-10H,6-7,17H2,1H3;2*1H.